The van der Waals surface area contributed by atoms with Gasteiger partial charge in [0.2, 0.25) is 5.95 Å². The lowest BCUT2D eigenvalue weighted by atomic mass is 10.2. The number of fused-ring (bicyclic) bond motifs is 1. The summed E-state index contributed by atoms with van der Waals surface area (Å²) in [4.78, 5) is 23.9. The molecule has 5 nitrogen and oxygen atoms in total. The Balaban J connectivity index is 1.80. The summed E-state index contributed by atoms with van der Waals surface area (Å²) >= 11 is 1.60. The lowest BCUT2D eigenvalue weighted by molar-refractivity contribution is 0.102. The summed E-state index contributed by atoms with van der Waals surface area (Å²) in [6.45, 7) is 2.05. The molecule has 0 saturated heterocycles. The van der Waals surface area contributed by atoms with E-state index in [-0.39, 0.29) is 5.91 Å². The predicted octanol–water partition coefficient (Wildman–Crippen LogP) is 3.32. The second-order valence-electron chi connectivity index (χ2n) is 4.37. The maximum absolute atomic E-state index is 12.2. The topological polar surface area (TPSA) is 70.7 Å². The predicted molar refractivity (Wildman–Crippen MR) is 84.7 cm³/mol. The molecule has 2 N–H and O–H groups in total. The molecule has 2 aromatic heterocycles. The van der Waals surface area contributed by atoms with Gasteiger partial charge in [0.15, 0.2) is 0 Å². The van der Waals surface area contributed by atoms with Crippen LogP contribution in [0.1, 0.15) is 17.3 Å². The molecule has 0 fully saturated rings. The molecule has 0 spiro atoms. The van der Waals surface area contributed by atoms with Gasteiger partial charge < -0.3 is 4.98 Å². The average Bonchev–Trinajstić information content (AvgIpc) is 2.90. The maximum Gasteiger partial charge on any atom is 0.258 e. The Morgan fingerprint density at radius 1 is 1.33 bits per heavy atom. The van der Waals surface area contributed by atoms with E-state index in [1.165, 1.54) is 0 Å². The summed E-state index contributed by atoms with van der Waals surface area (Å²) in [5.41, 5.74) is 2.29. The number of thioether (sulfide) groups is 1. The number of nitrogens with zero attached hydrogens (tertiary/aromatic N) is 2. The first-order valence-corrected chi connectivity index (χ1v) is 7.60. The number of H-pyrrole nitrogens is 1. The van der Waals surface area contributed by atoms with Gasteiger partial charge in [-0.1, -0.05) is 19.1 Å². The smallest absolute Gasteiger partial charge is 0.258 e. The van der Waals surface area contributed by atoms with E-state index in [1.807, 2.05) is 31.2 Å². The molecular weight excluding hydrogens is 284 g/mol. The number of pyridine rings is 1. The van der Waals surface area contributed by atoms with Gasteiger partial charge in [-0.05, 0) is 30.0 Å². The van der Waals surface area contributed by atoms with Gasteiger partial charge in [-0.3, -0.25) is 10.1 Å². The number of aromatic nitrogens is 3. The fourth-order valence-electron chi connectivity index (χ4n) is 1.97. The Bertz CT molecular complexity index is 751. The summed E-state index contributed by atoms with van der Waals surface area (Å²) in [5, 5.41) is 3.62. The zero-order valence-corrected chi connectivity index (χ0v) is 12.3. The van der Waals surface area contributed by atoms with Crippen LogP contribution >= 0.6 is 11.8 Å². The first kappa shape index (κ1) is 13.6. The molecule has 0 atom stereocenters. The highest BCUT2D eigenvalue weighted by Gasteiger charge is 2.10. The normalized spacial score (nSPS) is 10.7. The molecule has 1 aromatic carbocycles. The van der Waals surface area contributed by atoms with Crippen molar-refractivity contribution in [3.8, 4) is 0 Å². The molecule has 3 rings (SSSR count). The highest BCUT2D eigenvalue weighted by Crippen LogP contribution is 2.17. The molecule has 3 aromatic rings. The summed E-state index contributed by atoms with van der Waals surface area (Å²) in [7, 11) is 0. The van der Waals surface area contributed by atoms with E-state index in [1.54, 1.807) is 30.1 Å². The first-order chi connectivity index (χ1) is 10.3. The van der Waals surface area contributed by atoms with Crippen LogP contribution in [0.4, 0.5) is 5.95 Å². The molecule has 6 heteroatoms. The number of rotatable bonds is 4. The zero-order valence-electron chi connectivity index (χ0n) is 11.5. The van der Waals surface area contributed by atoms with Crippen LogP contribution in [0.25, 0.3) is 11.0 Å². The molecule has 0 bridgehead atoms. The lowest BCUT2D eigenvalue weighted by Crippen LogP contribution is -2.13. The molecule has 2 heterocycles. The summed E-state index contributed by atoms with van der Waals surface area (Å²) < 4.78 is 0. The Kier molecular flexibility index (Phi) is 3.87. The third-order valence-electron chi connectivity index (χ3n) is 2.91. The van der Waals surface area contributed by atoms with Gasteiger partial charge in [-0.15, -0.1) is 11.8 Å². The molecule has 0 saturated carbocycles. The summed E-state index contributed by atoms with van der Waals surface area (Å²) in [6, 6.07) is 11.1. The van der Waals surface area contributed by atoms with Crippen LogP contribution in [0.15, 0.2) is 47.6 Å². The van der Waals surface area contributed by atoms with Crippen molar-refractivity contribution in [3.63, 3.8) is 0 Å². The molecule has 1 amide bonds. The second kappa shape index (κ2) is 5.97. The number of benzene rings is 1. The fourth-order valence-corrected chi connectivity index (χ4v) is 2.61. The van der Waals surface area contributed by atoms with Gasteiger partial charge in [0.1, 0.15) is 0 Å². The SMILES string of the molecule is CCSc1cc(C(=O)Nc2nc3ccccc3[nH]2)ccn1. The van der Waals surface area contributed by atoms with Crippen molar-refractivity contribution in [1.29, 1.82) is 0 Å². The van der Waals surface area contributed by atoms with Crippen molar-refractivity contribution in [2.75, 3.05) is 11.1 Å². The monoisotopic (exact) mass is 298 g/mol. The largest absolute Gasteiger partial charge is 0.324 e. The summed E-state index contributed by atoms with van der Waals surface area (Å²) in [6.07, 6.45) is 1.64. The molecular formula is C15H14N4OS. The van der Waals surface area contributed by atoms with Gasteiger partial charge in [0.05, 0.1) is 16.1 Å². The minimum absolute atomic E-state index is 0.200. The van der Waals surface area contributed by atoms with E-state index in [2.05, 4.69) is 20.3 Å². The highest BCUT2D eigenvalue weighted by atomic mass is 32.2. The van der Waals surface area contributed by atoms with E-state index < -0.39 is 0 Å². The van der Waals surface area contributed by atoms with Crippen LogP contribution in [0, 0.1) is 0 Å². The third-order valence-corrected chi connectivity index (χ3v) is 3.72. The quantitative estimate of drug-likeness (QED) is 0.725. The van der Waals surface area contributed by atoms with E-state index in [4.69, 9.17) is 0 Å². The number of hydrogen-bond acceptors (Lipinski definition) is 4. The molecule has 0 aliphatic rings. The van der Waals surface area contributed by atoms with Gasteiger partial charge >= 0.3 is 0 Å². The standard InChI is InChI=1S/C15H14N4OS/c1-2-21-13-9-10(7-8-16-13)14(20)19-15-17-11-5-3-4-6-12(11)18-15/h3-9H,2H2,1H3,(H2,17,18,19,20). The maximum atomic E-state index is 12.2. The molecule has 0 unspecified atom stereocenters. The molecule has 21 heavy (non-hydrogen) atoms. The van der Waals surface area contributed by atoms with Gasteiger partial charge in [-0.2, -0.15) is 0 Å². The Labute approximate surface area is 126 Å². The van der Waals surface area contributed by atoms with Gasteiger partial charge in [-0.25, -0.2) is 9.97 Å². The number of nitrogens with one attached hydrogen (secondary N) is 2. The van der Waals surface area contributed by atoms with Crippen molar-refractivity contribution < 1.29 is 4.79 Å². The number of carbonyl (C=O) groups excluding carboxylic acids is 1. The molecule has 106 valence electrons. The number of imidazole rings is 1. The second-order valence-corrected chi connectivity index (χ2v) is 5.66. The van der Waals surface area contributed by atoms with E-state index >= 15 is 0 Å². The van der Waals surface area contributed by atoms with Crippen LogP contribution in [0.3, 0.4) is 0 Å². The lowest BCUT2D eigenvalue weighted by Gasteiger charge is -2.03. The molecule has 0 aliphatic carbocycles. The van der Waals surface area contributed by atoms with E-state index in [0.717, 1.165) is 21.8 Å². The minimum atomic E-state index is -0.200. The van der Waals surface area contributed by atoms with Gasteiger partial charge in [0, 0.05) is 11.8 Å². The Morgan fingerprint density at radius 2 is 2.19 bits per heavy atom. The van der Waals surface area contributed by atoms with Crippen LogP contribution in [-0.2, 0) is 0 Å². The highest BCUT2D eigenvalue weighted by molar-refractivity contribution is 7.99. The molecule has 0 aliphatic heterocycles. The van der Waals surface area contributed by atoms with E-state index in [0.29, 0.717) is 11.5 Å². The van der Waals surface area contributed by atoms with Crippen molar-refractivity contribution in [2.24, 2.45) is 0 Å². The van der Waals surface area contributed by atoms with Crippen LogP contribution in [0.2, 0.25) is 0 Å². The molecule has 0 radical (unpaired) electrons. The number of anilines is 1. The average molecular weight is 298 g/mol. The van der Waals surface area contributed by atoms with Crippen molar-refractivity contribution in [1.82, 2.24) is 15.0 Å². The van der Waals surface area contributed by atoms with Crippen LogP contribution in [-0.4, -0.2) is 26.6 Å². The number of aromatic amines is 1. The third kappa shape index (κ3) is 3.05. The minimum Gasteiger partial charge on any atom is -0.324 e. The fraction of sp³-hybridized carbons (Fsp3) is 0.133. The van der Waals surface area contributed by atoms with Crippen molar-refractivity contribution in [3.05, 3.63) is 48.2 Å². The Hall–Kier alpha value is -2.34. The van der Waals surface area contributed by atoms with E-state index in [9.17, 15) is 4.79 Å². The van der Waals surface area contributed by atoms with Crippen LogP contribution in [0.5, 0.6) is 0 Å². The number of hydrogen-bond donors (Lipinski definition) is 2. The zero-order chi connectivity index (χ0) is 14.7. The Morgan fingerprint density at radius 3 is 3.00 bits per heavy atom. The van der Waals surface area contributed by atoms with Gasteiger partial charge in [0.25, 0.3) is 5.91 Å². The van der Waals surface area contributed by atoms with Crippen molar-refractivity contribution >= 4 is 34.7 Å². The first-order valence-electron chi connectivity index (χ1n) is 6.61. The number of para-hydroxylation sites is 2. The van der Waals surface area contributed by atoms with Crippen LogP contribution < -0.4 is 5.32 Å². The summed E-state index contributed by atoms with van der Waals surface area (Å²) in [5.74, 6) is 1.17. The number of amides is 1. The number of carbonyl (C=O) groups is 1. The van der Waals surface area contributed by atoms with Crippen molar-refractivity contribution in [2.45, 2.75) is 11.9 Å².